The Hall–Kier alpha value is -4.85. The molecule has 0 radical (unpaired) electrons. The number of fused-ring (bicyclic) bond motifs is 1. The van der Waals surface area contributed by atoms with Gasteiger partial charge >= 0.3 is 0 Å². The number of hydrogen-bond donors (Lipinski definition) is 3. The Morgan fingerprint density at radius 3 is 2.52 bits per heavy atom. The molecule has 202 valence electrons. The topological polar surface area (TPSA) is 86.9 Å². The highest BCUT2D eigenvalue weighted by Gasteiger charge is 2.23. The number of nitrogens with zero attached hydrogens (tertiary/aromatic N) is 1. The van der Waals surface area contributed by atoms with E-state index in [2.05, 4.69) is 20.6 Å². The largest absolute Gasteiger partial charge is 0.361 e. The summed E-state index contributed by atoms with van der Waals surface area (Å²) in [4.78, 5) is 33.5. The maximum absolute atomic E-state index is 14.1. The number of benzene rings is 3. The maximum atomic E-state index is 14.1. The first kappa shape index (κ1) is 26.7. The highest BCUT2D eigenvalue weighted by atomic mass is 19.1. The van der Waals surface area contributed by atoms with Crippen molar-refractivity contribution in [1.29, 1.82) is 0 Å². The summed E-state index contributed by atoms with van der Waals surface area (Å²) in [6, 6.07) is 19.2. The van der Waals surface area contributed by atoms with Gasteiger partial charge in [-0.3, -0.25) is 14.6 Å². The number of nitrogens with one attached hydrogen (secondary N) is 3. The summed E-state index contributed by atoms with van der Waals surface area (Å²) in [5.74, 6) is -1.90. The normalized spacial score (nSPS) is 11.8. The first-order chi connectivity index (χ1) is 19.3. The second-order valence-corrected chi connectivity index (χ2v) is 9.69. The van der Waals surface area contributed by atoms with Gasteiger partial charge in [-0.25, -0.2) is 8.78 Å². The van der Waals surface area contributed by atoms with Crippen molar-refractivity contribution in [3.8, 4) is 11.1 Å². The zero-order chi connectivity index (χ0) is 28.2. The number of pyridine rings is 1. The molecule has 0 saturated heterocycles. The number of aromatic amines is 1. The fraction of sp³-hybridized carbons (Fsp3) is 0.156. The molecule has 5 aromatic rings. The molecule has 0 aliphatic heterocycles. The van der Waals surface area contributed by atoms with Crippen LogP contribution in [0.5, 0.6) is 0 Å². The Labute approximate surface area is 230 Å². The molecule has 0 spiro atoms. The van der Waals surface area contributed by atoms with E-state index in [1.807, 2.05) is 43.5 Å². The summed E-state index contributed by atoms with van der Waals surface area (Å²) < 4.78 is 28.2. The van der Waals surface area contributed by atoms with Gasteiger partial charge in [0.15, 0.2) is 0 Å². The van der Waals surface area contributed by atoms with E-state index >= 15 is 0 Å². The molecule has 1 atom stereocenters. The monoisotopic (exact) mass is 538 g/mol. The molecule has 2 amide bonds. The maximum Gasteiger partial charge on any atom is 0.251 e. The SMILES string of the molecule is CNC(=O)c1cccc(-c2cccnc2[C@H](Cc2cc(F)cc(F)c2)NC(=O)Cc2c[nH]c3cccc(C)c23)c1. The number of hydrogen-bond acceptors (Lipinski definition) is 3. The number of aryl methyl sites for hydroxylation is 1. The predicted molar refractivity (Wildman–Crippen MR) is 151 cm³/mol. The Morgan fingerprint density at radius 2 is 1.75 bits per heavy atom. The zero-order valence-electron chi connectivity index (χ0n) is 22.1. The van der Waals surface area contributed by atoms with Crippen LogP contribution in [0.1, 0.15) is 38.8 Å². The van der Waals surface area contributed by atoms with E-state index in [0.29, 0.717) is 22.4 Å². The molecule has 3 aromatic carbocycles. The number of carbonyl (C=O) groups is 2. The van der Waals surface area contributed by atoms with Crippen molar-refractivity contribution in [2.24, 2.45) is 0 Å². The van der Waals surface area contributed by atoms with Gasteiger partial charge in [0.2, 0.25) is 5.91 Å². The van der Waals surface area contributed by atoms with Gasteiger partial charge in [-0.15, -0.1) is 0 Å². The van der Waals surface area contributed by atoms with Gasteiger partial charge < -0.3 is 15.6 Å². The van der Waals surface area contributed by atoms with Gasteiger partial charge in [-0.05, 0) is 72.0 Å². The minimum absolute atomic E-state index is 0.104. The first-order valence-corrected chi connectivity index (χ1v) is 12.9. The van der Waals surface area contributed by atoms with Crippen molar-refractivity contribution in [2.45, 2.75) is 25.8 Å². The van der Waals surface area contributed by atoms with Gasteiger partial charge in [-0.1, -0.05) is 30.3 Å². The lowest BCUT2D eigenvalue weighted by atomic mass is 9.94. The lowest BCUT2D eigenvalue weighted by molar-refractivity contribution is -0.121. The van der Waals surface area contributed by atoms with Crippen molar-refractivity contribution < 1.29 is 18.4 Å². The van der Waals surface area contributed by atoms with Crippen LogP contribution in [0.25, 0.3) is 22.0 Å². The third-order valence-electron chi connectivity index (χ3n) is 6.88. The molecule has 0 aliphatic carbocycles. The highest BCUT2D eigenvalue weighted by molar-refractivity contribution is 5.95. The number of aromatic nitrogens is 2. The van der Waals surface area contributed by atoms with Crippen molar-refractivity contribution in [3.63, 3.8) is 0 Å². The number of carbonyl (C=O) groups excluding carboxylic acids is 2. The second-order valence-electron chi connectivity index (χ2n) is 9.69. The van der Waals surface area contributed by atoms with Crippen LogP contribution in [0.3, 0.4) is 0 Å². The molecule has 40 heavy (non-hydrogen) atoms. The Balaban J connectivity index is 1.52. The standard InChI is InChI=1S/C32H28F2N4O2/c1-19-6-3-10-27-30(19)23(18-37-27)16-29(39)38-28(14-20-12-24(33)17-25(34)13-20)31-26(9-5-11-36-31)21-7-4-8-22(15-21)32(40)35-2/h3-13,15,17-18,28,37H,14,16H2,1-2H3,(H,35,40)(H,38,39)/t28-/m0/s1. The Morgan fingerprint density at radius 1 is 0.975 bits per heavy atom. The van der Waals surface area contributed by atoms with E-state index < -0.39 is 17.7 Å². The fourth-order valence-corrected chi connectivity index (χ4v) is 5.10. The van der Waals surface area contributed by atoms with Crippen molar-refractivity contribution >= 4 is 22.7 Å². The van der Waals surface area contributed by atoms with Gasteiger partial charge in [0.1, 0.15) is 11.6 Å². The molecule has 6 nitrogen and oxygen atoms in total. The summed E-state index contributed by atoms with van der Waals surface area (Å²) in [5, 5.41) is 6.67. The van der Waals surface area contributed by atoms with Crippen LogP contribution >= 0.6 is 0 Å². The van der Waals surface area contributed by atoms with E-state index in [1.54, 1.807) is 37.5 Å². The average Bonchev–Trinajstić information content (AvgIpc) is 3.35. The van der Waals surface area contributed by atoms with Crippen molar-refractivity contribution in [2.75, 3.05) is 7.05 Å². The van der Waals surface area contributed by atoms with Crippen LogP contribution in [0.4, 0.5) is 8.78 Å². The van der Waals surface area contributed by atoms with E-state index in [-0.39, 0.29) is 24.7 Å². The Bertz CT molecular complexity index is 1690. The highest BCUT2D eigenvalue weighted by Crippen LogP contribution is 2.30. The zero-order valence-corrected chi connectivity index (χ0v) is 22.1. The third-order valence-corrected chi connectivity index (χ3v) is 6.88. The summed E-state index contributed by atoms with van der Waals surface area (Å²) in [7, 11) is 1.56. The number of H-pyrrole nitrogens is 1. The van der Waals surface area contributed by atoms with Gasteiger partial charge in [0.05, 0.1) is 18.2 Å². The third kappa shape index (κ3) is 5.76. The molecular weight excluding hydrogens is 510 g/mol. The first-order valence-electron chi connectivity index (χ1n) is 12.9. The lowest BCUT2D eigenvalue weighted by Crippen LogP contribution is -2.32. The van der Waals surface area contributed by atoms with E-state index in [0.717, 1.165) is 33.7 Å². The summed E-state index contributed by atoms with van der Waals surface area (Å²) in [6.07, 6.45) is 3.64. The van der Waals surface area contributed by atoms with Crippen LogP contribution in [0.15, 0.2) is 85.2 Å². The smallest absolute Gasteiger partial charge is 0.251 e. The molecule has 0 bridgehead atoms. The molecule has 0 unspecified atom stereocenters. The minimum atomic E-state index is -0.708. The van der Waals surface area contributed by atoms with Gasteiger partial charge in [-0.2, -0.15) is 0 Å². The quantitative estimate of drug-likeness (QED) is 0.233. The summed E-state index contributed by atoms with van der Waals surface area (Å²) in [6.45, 7) is 1.99. The molecule has 2 heterocycles. The van der Waals surface area contributed by atoms with Crippen molar-refractivity contribution in [1.82, 2.24) is 20.6 Å². The van der Waals surface area contributed by atoms with E-state index in [9.17, 15) is 18.4 Å². The van der Waals surface area contributed by atoms with Crippen molar-refractivity contribution in [3.05, 3.63) is 125 Å². The van der Waals surface area contributed by atoms with E-state index in [4.69, 9.17) is 0 Å². The van der Waals surface area contributed by atoms with Crippen LogP contribution < -0.4 is 10.6 Å². The summed E-state index contributed by atoms with van der Waals surface area (Å²) in [5.41, 5.74) is 5.62. The molecule has 0 aliphatic rings. The fourth-order valence-electron chi connectivity index (χ4n) is 5.10. The van der Waals surface area contributed by atoms with Crippen LogP contribution in [-0.2, 0) is 17.6 Å². The number of amides is 2. The van der Waals surface area contributed by atoms with Gasteiger partial charge in [0.25, 0.3) is 5.91 Å². The molecule has 8 heteroatoms. The van der Waals surface area contributed by atoms with Crippen LogP contribution in [-0.4, -0.2) is 28.8 Å². The van der Waals surface area contributed by atoms with E-state index in [1.165, 1.54) is 12.1 Å². The molecule has 5 rings (SSSR count). The second kappa shape index (κ2) is 11.5. The average molecular weight is 539 g/mol. The molecule has 0 saturated carbocycles. The van der Waals surface area contributed by atoms with Crippen LogP contribution in [0.2, 0.25) is 0 Å². The molecule has 3 N–H and O–H groups in total. The summed E-state index contributed by atoms with van der Waals surface area (Å²) >= 11 is 0. The lowest BCUT2D eigenvalue weighted by Gasteiger charge is -2.22. The van der Waals surface area contributed by atoms with Gasteiger partial charge in [0, 0.05) is 47.5 Å². The molecule has 0 fully saturated rings. The predicted octanol–water partition coefficient (Wildman–Crippen LogP) is 5.82. The number of rotatable bonds is 8. The molecule has 2 aromatic heterocycles. The molecular formula is C32H28F2N4O2. The Kier molecular flexibility index (Phi) is 7.68. The minimum Gasteiger partial charge on any atom is -0.361 e. The van der Waals surface area contributed by atoms with Crippen LogP contribution in [0, 0.1) is 18.6 Å². The number of halogens is 2.